The summed E-state index contributed by atoms with van der Waals surface area (Å²) >= 11 is 2.82. The van der Waals surface area contributed by atoms with Gasteiger partial charge in [-0.25, -0.2) is 4.31 Å². The zero-order chi connectivity index (χ0) is 26.1. The summed E-state index contributed by atoms with van der Waals surface area (Å²) in [4.78, 5) is 11.1. The van der Waals surface area contributed by atoms with Crippen molar-refractivity contribution in [2.75, 3.05) is 20.1 Å². The van der Waals surface area contributed by atoms with Crippen molar-refractivity contribution in [2.24, 2.45) is 0 Å². The number of alkyl halides is 3. The smallest absolute Gasteiger partial charge is 0.416 e. The van der Waals surface area contributed by atoms with Crippen LogP contribution in [0, 0.1) is 0 Å². The van der Waals surface area contributed by atoms with Crippen LogP contribution in [0.5, 0.6) is 0 Å². The van der Waals surface area contributed by atoms with Gasteiger partial charge in [0.2, 0.25) is 0 Å². The number of benzene rings is 1. The average molecular weight is 533 g/mol. The van der Waals surface area contributed by atoms with Crippen LogP contribution in [-0.2, 0) is 23.8 Å². The summed E-state index contributed by atoms with van der Waals surface area (Å²) in [6, 6.07) is 5.94. The number of aryl methyl sites for hydroxylation is 2. The first kappa shape index (κ1) is 29.6. The molecule has 3 N–H and O–H groups in total. The Bertz CT molecular complexity index is 921. The van der Waals surface area contributed by atoms with E-state index >= 15 is 0 Å². The maximum Gasteiger partial charge on any atom is 0.416 e. The lowest BCUT2D eigenvalue weighted by atomic mass is 9.96. The standard InChI is InChI=1S/C25H35F3N2O3S2/c1-24(2,10-5-7-18-9-11-34-17-18)29-15-21(31)16-30(3)35-22-13-19(6-4-8-23(32)33)12-20(14-22)25(26,27)28/h9,11-14,17,21,29,31H,4-8,10,15-16H2,1-3H3,(H,32,33)/t21-/m1/s1. The van der Waals surface area contributed by atoms with Crippen molar-refractivity contribution in [1.82, 2.24) is 9.62 Å². The Morgan fingerprint density at radius 1 is 1.17 bits per heavy atom. The Balaban J connectivity index is 1.86. The van der Waals surface area contributed by atoms with Crippen molar-refractivity contribution in [3.8, 4) is 0 Å². The van der Waals surface area contributed by atoms with E-state index in [1.54, 1.807) is 28.8 Å². The molecule has 2 aromatic rings. The molecular weight excluding hydrogens is 497 g/mol. The molecule has 0 spiro atoms. The van der Waals surface area contributed by atoms with Crippen molar-refractivity contribution in [1.29, 1.82) is 0 Å². The second-order valence-corrected chi connectivity index (χ2v) is 11.5. The topological polar surface area (TPSA) is 72.8 Å². The number of thiophene rings is 1. The van der Waals surface area contributed by atoms with Crippen molar-refractivity contribution in [3.05, 3.63) is 51.7 Å². The van der Waals surface area contributed by atoms with Gasteiger partial charge in [-0.3, -0.25) is 4.79 Å². The third-order valence-corrected chi connectivity index (χ3v) is 7.18. The lowest BCUT2D eigenvalue weighted by molar-refractivity contribution is -0.138. The van der Waals surface area contributed by atoms with Crippen LogP contribution < -0.4 is 5.32 Å². The van der Waals surface area contributed by atoms with Gasteiger partial charge in [0.1, 0.15) is 0 Å². The normalized spacial score (nSPS) is 13.4. The number of nitrogens with one attached hydrogen (secondary N) is 1. The van der Waals surface area contributed by atoms with Crippen molar-refractivity contribution >= 4 is 29.3 Å². The molecule has 0 aliphatic heterocycles. The number of halogens is 3. The molecule has 0 amide bonds. The number of aliphatic hydroxyl groups is 1. The Morgan fingerprint density at radius 2 is 1.89 bits per heavy atom. The molecule has 35 heavy (non-hydrogen) atoms. The second kappa shape index (κ2) is 13.6. The quantitative estimate of drug-likeness (QED) is 0.249. The highest BCUT2D eigenvalue weighted by Gasteiger charge is 2.31. The van der Waals surface area contributed by atoms with Gasteiger partial charge in [0.05, 0.1) is 11.7 Å². The molecule has 1 aromatic heterocycles. The molecule has 0 radical (unpaired) electrons. The third-order valence-electron chi connectivity index (χ3n) is 5.54. The minimum atomic E-state index is -4.49. The number of carbonyl (C=O) groups is 1. The summed E-state index contributed by atoms with van der Waals surface area (Å²) in [6.07, 6.45) is -1.75. The first-order valence-electron chi connectivity index (χ1n) is 11.6. The largest absolute Gasteiger partial charge is 0.481 e. The van der Waals surface area contributed by atoms with Crippen LogP contribution in [0.15, 0.2) is 39.9 Å². The van der Waals surface area contributed by atoms with E-state index in [0.717, 1.165) is 43.3 Å². The third kappa shape index (κ3) is 11.8. The molecule has 1 aromatic carbocycles. The number of aliphatic carboxylic acids is 1. The lowest BCUT2D eigenvalue weighted by Crippen LogP contribution is -2.45. The number of hydrogen-bond acceptors (Lipinski definition) is 6. The minimum absolute atomic E-state index is 0.0951. The van der Waals surface area contributed by atoms with Crippen LogP contribution in [0.25, 0.3) is 0 Å². The summed E-state index contributed by atoms with van der Waals surface area (Å²) in [5.41, 5.74) is 0.884. The minimum Gasteiger partial charge on any atom is -0.481 e. The van der Waals surface area contributed by atoms with Crippen molar-refractivity contribution in [2.45, 2.75) is 75.1 Å². The average Bonchev–Trinajstić information content (AvgIpc) is 3.24. The van der Waals surface area contributed by atoms with Crippen LogP contribution in [0.1, 0.15) is 56.2 Å². The van der Waals surface area contributed by atoms with Crippen LogP contribution in [0.2, 0.25) is 0 Å². The number of nitrogens with zero attached hydrogens (tertiary/aromatic N) is 1. The number of carboxylic acids is 1. The number of likely N-dealkylation sites (N-methyl/N-ethyl adjacent to an activating group) is 1. The second-order valence-electron chi connectivity index (χ2n) is 9.42. The van der Waals surface area contributed by atoms with E-state index < -0.39 is 23.8 Å². The van der Waals surface area contributed by atoms with Gasteiger partial charge >= 0.3 is 12.1 Å². The zero-order valence-electron chi connectivity index (χ0n) is 20.4. The summed E-state index contributed by atoms with van der Waals surface area (Å²) in [7, 11) is 1.73. The van der Waals surface area contributed by atoms with Crippen LogP contribution in [-0.4, -0.2) is 52.3 Å². The maximum absolute atomic E-state index is 13.4. The summed E-state index contributed by atoms with van der Waals surface area (Å²) < 4.78 is 41.8. The van der Waals surface area contributed by atoms with Crippen LogP contribution in [0.3, 0.4) is 0 Å². The lowest BCUT2D eigenvalue weighted by Gasteiger charge is -2.29. The number of aliphatic hydroxyl groups excluding tert-OH is 1. The first-order chi connectivity index (χ1) is 16.3. The van der Waals surface area contributed by atoms with E-state index in [1.807, 2.05) is 0 Å². The van der Waals surface area contributed by atoms with E-state index in [-0.39, 0.29) is 31.3 Å². The molecule has 0 saturated heterocycles. The first-order valence-corrected chi connectivity index (χ1v) is 13.3. The van der Waals surface area contributed by atoms with Gasteiger partial charge in [-0.1, -0.05) is 0 Å². The number of rotatable bonds is 15. The fourth-order valence-electron chi connectivity index (χ4n) is 3.70. The Hall–Kier alpha value is -1.59. The molecule has 2 rings (SSSR count). The van der Waals surface area contributed by atoms with Crippen LogP contribution in [0.4, 0.5) is 13.2 Å². The summed E-state index contributed by atoms with van der Waals surface area (Å²) in [5.74, 6) is -0.973. The Morgan fingerprint density at radius 3 is 2.51 bits per heavy atom. The van der Waals surface area contributed by atoms with Crippen molar-refractivity contribution in [3.63, 3.8) is 0 Å². The van der Waals surface area contributed by atoms with Gasteiger partial charge in [0, 0.05) is 29.9 Å². The fourth-order valence-corrected chi connectivity index (χ4v) is 5.39. The summed E-state index contributed by atoms with van der Waals surface area (Å²) in [6.45, 7) is 4.84. The van der Waals surface area contributed by atoms with E-state index in [9.17, 15) is 23.1 Å². The Labute approximate surface area is 213 Å². The number of hydrogen-bond donors (Lipinski definition) is 3. The number of carboxylic acid groups (broad SMARTS) is 1. The van der Waals surface area contributed by atoms with Gasteiger partial charge in [-0.15, -0.1) is 0 Å². The summed E-state index contributed by atoms with van der Waals surface area (Å²) in [5, 5.41) is 26.9. The van der Waals surface area contributed by atoms with Gasteiger partial charge in [-0.05, 0) is 111 Å². The molecular formula is C25H35F3N2O3S2. The van der Waals surface area contributed by atoms with E-state index in [0.29, 0.717) is 17.0 Å². The van der Waals surface area contributed by atoms with Crippen molar-refractivity contribution < 1.29 is 28.2 Å². The van der Waals surface area contributed by atoms with Crippen LogP contribution >= 0.6 is 23.3 Å². The molecule has 196 valence electrons. The molecule has 1 heterocycles. The fraction of sp³-hybridized carbons (Fsp3) is 0.560. The SMILES string of the molecule is CN(C[C@H](O)CNC(C)(C)CCCc1ccsc1)Sc1cc(CCCC(=O)O)cc(C(F)(F)F)c1. The predicted molar refractivity (Wildman–Crippen MR) is 136 cm³/mol. The highest BCUT2D eigenvalue weighted by molar-refractivity contribution is 7.97. The van der Waals surface area contributed by atoms with Gasteiger partial charge in [-0.2, -0.15) is 24.5 Å². The Kier molecular flexibility index (Phi) is 11.6. The molecule has 10 heteroatoms. The van der Waals surface area contributed by atoms with Gasteiger partial charge < -0.3 is 15.5 Å². The highest BCUT2D eigenvalue weighted by Crippen LogP contribution is 2.34. The molecule has 0 aliphatic rings. The molecule has 0 bridgehead atoms. The highest BCUT2D eigenvalue weighted by atomic mass is 32.2. The molecule has 0 saturated carbocycles. The number of β-amino-alcohol motifs (C(OH)–C–C–N with tert-alkyl or cyclic N) is 1. The molecule has 0 unspecified atom stereocenters. The molecule has 5 nitrogen and oxygen atoms in total. The van der Waals surface area contributed by atoms with E-state index in [4.69, 9.17) is 5.11 Å². The van der Waals surface area contributed by atoms with E-state index in [1.165, 1.54) is 5.56 Å². The molecule has 0 aliphatic carbocycles. The van der Waals surface area contributed by atoms with Gasteiger partial charge in [0.25, 0.3) is 0 Å². The maximum atomic E-state index is 13.4. The zero-order valence-corrected chi connectivity index (χ0v) is 22.0. The predicted octanol–water partition coefficient (Wildman–Crippen LogP) is 5.87. The molecule has 1 atom stereocenters. The monoisotopic (exact) mass is 532 g/mol. The van der Waals surface area contributed by atoms with Gasteiger partial charge in [0.15, 0.2) is 0 Å². The van der Waals surface area contributed by atoms with E-state index in [2.05, 4.69) is 36.0 Å². The molecule has 0 fully saturated rings.